The van der Waals surface area contributed by atoms with E-state index in [2.05, 4.69) is 29.2 Å². The molecule has 1 aliphatic rings. The number of rotatable bonds is 4. The van der Waals surface area contributed by atoms with E-state index < -0.39 is 0 Å². The molecule has 4 rings (SSSR count). The third-order valence-corrected chi connectivity index (χ3v) is 5.76. The minimum absolute atomic E-state index is 0.0328. The van der Waals surface area contributed by atoms with Gasteiger partial charge in [0, 0.05) is 24.8 Å². The molecule has 0 bridgehead atoms. The molecule has 4 nitrogen and oxygen atoms in total. The van der Waals surface area contributed by atoms with E-state index in [4.69, 9.17) is 0 Å². The van der Waals surface area contributed by atoms with Crippen LogP contribution in [0, 0.1) is 0 Å². The summed E-state index contributed by atoms with van der Waals surface area (Å²) in [5.41, 5.74) is 4.49. The van der Waals surface area contributed by atoms with Gasteiger partial charge in [0.25, 0.3) is 5.91 Å². The summed E-state index contributed by atoms with van der Waals surface area (Å²) in [5.74, 6) is 0.567. The summed E-state index contributed by atoms with van der Waals surface area (Å²) in [5, 5.41) is 9.53. The molecule has 1 atom stereocenters. The Hall–Kier alpha value is -2.98. The first-order chi connectivity index (χ1) is 14.3. The molecule has 1 amide bonds. The lowest BCUT2D eigenvalue weighted by Gasteiger charge is -2.21. The molecule has 2 heterocycles. The molecule has 0 radical (unpaired) electrons. The molecular weight excluding hydrogens is 360 g/mol. The molecule has 3 aromatic rings. The molecule has 148 valence electrons. The maximum Gasteiger partial charge on any atom is 0.255 e. The summed E-state index contributed by atoms with van der Waals surface area (Å²) in [6, 6.07) is 22.0. The summed E-state index contributed by atoms with van der Waals surface area (Å²) >= 11 is 0. The van der Waals surface area contributed by atoms with Gasteiger partial charge in [0.05, 0.1) is 17.9 Å². The maximum atomic E-state index is 13.0. The zero-order chi connectivity index (χ0) is 20.1. The van der Waals surface area contributed by atoms with Crippen molar-refractivity contribution in [3.05, 3.63) is 89.6 Å². The molecule has 1 saturated heterocycles. The average molecular weight is 386 g/mol. The highest BCUT2D eigenvalue weighted by Gasteiger charge is 2.22. The Morgan fingerprint density at radius 2 is 1.76 bits per heavy atom. The number of carbonyl (C=O) groups is 1. The lowest BCUT2D eigenvalue weighted by atomic mass is 9.92. The van der Waals surface area contributed by atoms with Gasteiger partial charge in [0.15, 0.2) is 0 Å². The summed E-state index contributed by atoms with van der Waals surface area (Å²) in [7, 11) is 0. The number of nitrogens with zero attached hydrogens (tertiary/aromatic N) is 2. The Bertz CT molecular complexity index is 954. The Balaban J connectivity index is 1.46. The molecule has 0 aliphatic carbocycles. The highest BCUT2D eigenvalue weighted by atomic mass is 16.3. The van der Waals surface area contributed by atoms with Gasteiger partial charge in [0.1, 0.15) is 0 Å². The topological polar surface area (TPSA) is 53.4 Å². The van der Waals surface area contributed by atoms with Gasteiger partial charge in [0.2, 0.25) is 0 Å². The molecule has 0 saturated carbocycles. The Morgan fingerprint density at radius 3 is 2.52 bits per heavy atom. The number of amides is 1. The first-order valence-electron chi connectivity index (χ1n) is 10.3. The van der Waals surface area contributed by atoms with E-state index in [9.17, 15) is 9.90 Å². The van der Waals surface area contributed by atoms with Crippen LogP contribution in [-0.4, -0.2) is 34.0 Å². The molecule has 1 N–H and O–H groups in total. The van der Waals surface area contributed by atoms with Crippen molar-refractivity contribution in [3.63, 3.8) is 0 Å². The first kappa shape index (κ1) is 19.3. The Labute approximate surface area is 171 Å². The number of hydrogen-bond donors (Lipinski definition) is 1. The van der Waals surface area contributed by atoms with Crippen molar-refractivity contribution < 1.29 is 9.90 Å². The van der Waals surface area contributed by atoms with Gasteiger partial charge < -0.3 is 10.0 Å². The van der Waals surface area contributed by atoms with Crippen LogP contribution in [0.15, 0.2) is 72.9 Å². The molecule has 1 fully saturated rings. The van der Waals surface area contributed by atoms with E-state index in [1.807, 2.05) is 47.4 Å². The van der Waals surface area contributed by atoms with Crippen molar-refractivity contribution in [3.8, 4) is 11.3 Å². The summed E-state index contributed by atoms with van der Waals surface area (Å²) in [4.78, 5) is 19.5. The van der Waals surface area contributed by atoms with Crippen LogP contribution in [0.2, 0.25) is 0 Å². The molecule has 29 heavy (non-hydrogen) atoms. The average Bonchev–Trinajstić information content (AvgIpc) is 3.06. The van der Waals surface area contributed by atoms with E-state index in [1.165, 1.54) is 5.56 Å². The summed E-state index contributed by atoms with van der Waals surface area (Å²) in [6.07, 6.45) is 4.78. The first-order valence-corrected chi connectivity index (χ1v) is 10.3. The third-order valence-electron chi connectivity index (χ3n) is 5.76. The third kappa shape index (κ3) is 4.38. The van der Waals surface area contributed by atoms with Gasteiger partial charge in [-0.25, -0.2) is 0 Å². The zero-order valence-electron chi connectivity index (χ0n) is 16.5. The second-order valence-electron chi connectivity index (χ2n) is 7.58. The van der Waals surface area contributed by atoms with E-state index in [0.29, 0.717) is 11.5 Å². The fourth-order valence-electron chi connectivity index (χ4n) is 4.13. The van der Waals surface area contributed by atoms with Crippen molar-refractivity contribution in [2.75, 3.05) is 13.1 Å². The second-order valence-corrected chi connectivity index (χ2v) is 7.58. The maximum absolute atomic E-state index is 13.0. The van der Waals surface area contributed by atoms with E-state index >= 15 is 0 Å². The SMILES string of the molecule is O=C(c1ccc(-c2ccccc2CO)nc1)N1CCC[C@H](c2ccccc2)CC1. The fraction of sp³-hybridized carbons (Fsp3) is 0.280. The smallest absolute Gasteiger partial charge is 0.255 e. The van der Waals surface area contributed by atoms with Gasteiger partial charge >= 0.3 is 0 Å². The molecule has 1 aromatic heterocycles. The van der Waals surface area contributed by atoms with Gasteiger partial charge in [-0.1, -0.05) is 54.6 Å². The van der Waals surface area contributed by atoms with Gasteiger partial charge in [-0.15, -0.1) is 0 Å². The van der Waals surface area contributed by atoms with Crippen molar-refractivity contribution in [2.24, 2.45) is 0 Å². The number of benzene rings is 2. The molecular formula is C25H26N2O2. The van der Waals surface area contributed by atoms with E-state index in [1.54, 1.807) is 6.20 Å². The molecule has 2 aromatic carbocycles. The van der Waals surface area contributed by atoms with Crippen LogP contribution in [0.25, 0.3) is 11.3 Å². The minimum atomic E-state index is -0.0328. The summed E-state index contributed by atoms with van der Waals surface area (Å²) in [6.45, 7) is 1.53. The molecule has 4 heteroatoms. The predicted molar refractivity (Wildman–Crippen MR) is 115 cm³/mol. The van der Waals surface area contributed by atoms with Crippen LogP contribution in [0.1, 0.15) is 46.7 Å². The number of aliphatic hydroxyl groups excluding tert-OH is 1. The van der Waals surface area contributed by atoms with Crippen LogP contribution >= 0.6 is 0 Å². The second kappa shape index (κ2) is 9.01. The molecule has 0 unspecified atom stereocenters. The minimum Gasteiger partial charge on any atom is -0.392 e. The monoisotopic (exact) mass is 386 g/mol. The number of likely N-dealkylation sites (tertiary alicyclic amines) is 1. The molecule has 0 spiro atoms. The van der Waals surface area contributed by atoms with Crippen molar-refractivity contribution >= 4 is 5.91 Å². The Morgan fingerprint density at radius 1 is 0.966 bits per heavy atom. The number of hydrogen-bond acceptors (Lipinski definition) is 3. The van der Waals surface area contributed by atoms with Crippen LogP contribution < -0.4 is 0 Å². The molecule has 1 aliphatic heterocycles. The van der Waals surface area contributed by atoms with Gasteiger partial charge in [-0.2, -0.15) is 0 Å². The predicted octanol–water partition coefficient (Wildman–Crippen LogP) is 4.65. The number of aromatic nitrogens is 1. The normalized spacial score (nSPS) is 17.0. The van der Waals surface area contributed by atoms with Gasteiger partial charge in [-0.3, -0.25) is 9.78 Å². The van der Waals surface area contributed by atoms with Crippen LogP contribution in [0.4, 0.5) is 0 Å². The van der Waals surface area contributed by atoms with Crippen molar-refractivity contribution in [1.29, 1.82) is 0 Å². The lowest BCUT2D eigenvalue weighted by Crippen LogP contribution is -2.32. The number of aliphatic hydroxyl groups is 1. The van der Waals surface area contributed by atoms with Crippen LogP contribution in [0.3, 0.4) is 0 Å². The number of carbonyl (C=O) groups excluding carboxylic acids is 1. The highest BCUT2D eigenvalue weighted by molar-refractivity contribution is 5.94. The van der Waals surface area contributed by atoms with Crippen LogP contribution in [0.5, 0.6) is 0 Å². The largest absolute Gasteiger partial charge is 0.392 e. The van der Waals surface area contributed by atoms with E-state index in [-0.39, 0.29) is 12.5 Å². The lowest BCUT2D eigenvalue weighted by molar-refractivity contribution is 0.0760. The fourth-order valence-corrected chi connectivity index (χ4v) is 4.13. The summed E-state index contributed by atoms with van der Waals surface area (Å²) < 4.78 is 0. The Kier molecular flexibility index (Phi) is 6.01. The van der Waals surface area contributed by atoms with Crippen molar-refractivity contribution in [2.45, 2.75) is 31.8 Å². The van der Waals surface area contributed by atoms with Crippen LogP contribution in [-0.2, 0) is 6.61 Å². The number of pyridine rings is 1. The quantitative estimate of drug-likeness (QED) is 0.710. The van der Waals surface area contributed by atoms with Crippen molar-refractivity contribution in [1.82, 2.24) is 9.88 Å². The standard InChI is InChI=1S/C25H26N2O2/c28-18-22-9-4-5-11-23(22)24-13-12-21(17-26-24)25(29)27-15-6-10-20(14-16-27)19-7-2-1-3-8-19/h1-5,7-9,11-13,17,20,28H,6,10,14-16,18H2/t20-/m0/s1. The zero-order valence-corrected chi connectivity index (χ0v) is 16.5. The van der Waals surface area contributed by atoms with Gasteiger partial charge in [-0.05, 0) is 48.4 Å². The highest BCUT2D eigenvalue weighted by Crippen LogP contribution is 2.28. The van der Waals surface area contributed by atoms with E-state index in [0.717, 1.165) is 49.2 Å².